The SMILES string of the molecule is CO/N=C1/CCN2CCCCC12. The van der Waals surface area contributed by atoms with E-state index < -0.39 is 0 Å². The zero-order valence-corrected chi connectivity index (χ0v) is 7.62. The van der Waals surface area contributed by atoms with Crippen LogP contribution in [0.25, 0.3) is 0 Å². The highest BCUT2D eigenvalue weighted by atomic mass is 16.6. The van der Waals surface area contributed by atoms with E-state index in [-0.39, 0.29) is 0 Å². The summed E-state index contributed by atoms with van der Waals surface area (Å²) in [6.45, 7) is 2.44. The van der Waals surface area contributed by atoms with Gasteiger partial charge in [0.15, 0.2) is 0 Å². The highest BCUT2D eigenvalue weighted by Gasteiger charge is 2.32. The van der Waals surface area contributed by atoms with E-state index in [1.807, 2.05) is 0 Å². The van der Waals surface area contributed by atoms with Crippen molar-refractivity contribution in [1.82, 2.24) is 4.90 Å². The summed E-state index contributed by atoms with van der Waals surface area (Å²) in [7, 11) is 1.64. The van der Waals surface area contributed by atoms with E-state index in [9.17, 15) is 0 Å². The zero-order valence-electron chi connectivity index (χ0n) is 7.62. The minimum absolute atomic E-state index is 0.610. The molecule has 2 fully saturated rings. The first-order chi connectivity index (χ1) is 5.92. The van der Waals surface area contributed by atoms with Gasteiger partial charge in [0, 0.05) is 13.0 Å². The van der Waals surface area contributed by atoms with Crippen LogP contribution in [-0.4, -0.2) is 36.9 Å². The van der Waals surface area contributed by atoms with Gasteiger partial charge in [-0.1, -0.05) is 11.6 Å². The molecule has 0 amide bonds. The molecule has 0 aromatic rings. The van der Waals surface area contributed by atoms with E-state index >= 15 is 0 Å². The lowest BCUT2D eigenvalue weighted by atomic mass is 10.0. The standard InChI is InChI=1S/C9H16N2O/c1-12-10-8-5-7-11-6-3-2-4-9(8)11/h9H,2-7H2,1H3/b10-8-. The topological polar surface area (TPSA) is 24.8 Å². The second-order valence-electron chi connectivity index (χ2n) is 3.56. The average Bonchev–Trinajstić information content (AvgIpc) is 2.50. The maximum atomic E-state index is 4.84. The average molecular weight is 168 g/mol. The molecular formula is C9H16N2O. The van der Waals surface area contributed by atoms with Crippen molar-refractivity contribution in [3.05, 3.63) is 0 Å². The van der Waals surface area contributed by atoms with E-state index in [2.05, 4.69) is 10.1 Å². The third-order valence-electron chi connectivity index (χ3n) is 2.86. The van der Waals surface area contributed by atoms with Gasteiger partial charge in [0.05, 0.1) is 11.8 Å². The zero-order chi connectivity index (χ0) is 8.39. The number of hydrogen-bond acceptors (Lipinski definition) is 3. The molecule has 0 spiro atoms. The van der Waals surface area contributed by atoms with Crippen LogP contribution in [0.1, 0.15) is 25.7 Å². The van der Waals surface area contributed by atoms with Gasteiger partial charge in [-0.3, -0.25) is 4.90 Å². The molecule has 0 saturated carbocycles. The summed E-state index contributed by atoms with van der Waals surface area (Å²) in [5.41, 5.74) is 1.26. The summed E-state index contributed by atoms with van der Waals surface area (Å²) < 4.78 is 0. The Morgan fingerprint density at radius 2 is 2.33 bits per heavy atom. The molecule has 68 valence electrons. The molecule has 0 N–H and O–H groups in total. The van der Waals surface area contributed by atoms with Gasteiger partial charge in [-0.25, -0.2) is 0 Å². The molecule has 0 aromatic carbocycles. The van der Waals surface area contributed by atoms with Crippen LogP contribution < -0.4 is 0 Å². The molecule has 2 heterocycles. The Balaban J connectivity index is 2.05. The van der Waals surface area contributed by atoms with Gasteiger partial charge in [0.1, 0.15) is 7.11 Å². The fourth-order valence-corrected chi connectivity index (χ4v) is 2.28. The molecule has 12 heavy (non-hydrogen) atoms. The Kier molecular flexibility index (Phi) is 2.30. The van der Waals surface area contributed by atoms with Crippen molar-refractivity contribution in [2.45, 2.75) is 31.7 Å². The van der Waals surface area contributed by atoms with Crippen LogP contribution in [0.15, 0.2) is 5.16 Å². The summed E-state index contributed by atoms with van der Waals surface area (Å²) in [5, 5.41) is 4.08. The predicted molar refractivity (Wildman–Crippen MR) is 48.3 cm³/mol. The molecule has 0 aliphatic carbocycles. The van der Waals surface area contributed by atoms with Crippen LogP contribution in [0.3, 0.4) is 0 Å². The van der Waals surface area contributed by atoms with Gasteiger partial charge >= 0.3 is 0 Å². The fourth-order valence-electron chi connectivity index (χ4n) is 2.28. The van der Waals surface area contributed by atoms with Gasteiger partial charge in [-0.05, 0) is 19.4 Å². The summed E-state index contributed by atoms with van der Waals surface area (Å²) in [6.07, 6.45) is 5.10. The van der Waals surface area contributed by atoms with E-state index in [1.54, 1.807) is 7.11 Å². The number of hydrogen-bond donors (Lipinski definition) is 0. The van der Waals surface area contributed by atoms with Gasteiger partial charge < -0.3 is 4.84 Å². The summed E-state index contributed by atoms with van der Waals surface area (Å²) in [6, 6.07) is 0.610. The van der Waals surface area contributed by atoms with Crippen molar-refractivity contribution in [3.63, 3.8) is 0 Å². The molecule has 3 nitrogen and oxygen atoms in total. The molecule has 1 unspecified atom stereocenters. The van der Waals surface area contributed by atoms with Crippen molar-refractivity contribution in [1.29, 1.82) is 0 Å². The van der Waals surface area contributed by atoms with Crippen molar-refractivity contribution >= 4 is 5.71 Å². The number of fused-ring (bicyclic) bond motifs is 1. The Morgan fingerprint density at radius 3 is 3.17 bits per heavy atom. The van der Waals surface area contributed by atoms with Crippen LogP contribution in [0, 0.1) is 0 Å². The highest BCUT2D eigenvalue weighted by molar-refractivity contribution is 5.91. The minimum atomic E-state index is 0.610. The van der Waals surface area contributed by atoms with Gasteiger partial charge in [-0.2, -0.15) is 0 Å². The van der Waals surface area contributed by atoms with Crippen molar-refractivity contribution in [3.8, 4) is 0 Å². The monoisotopic (exact) mass is 168 g/mol. The predicted octanol–water partition coefficient (Wildman–Crippen LogP) is 1.25. The normalized spacial score (nSPS) is 33.8. The van der Waals surface area contributed by atoms with Crippen molar-refractivity contribution in [2.75, 3.05) is 20.2 Å². The van der Waals surface area contributed by atoms with Crippen LogP contribution in [0.5, 0.6) is 0 Å². The Labute approximate surface area is 73.4 Å². The first-order valence-electron chi connectivity index (χ1n) is 4.76. The van der Waals surface area contributed by atoms with Crippen molar-refractivity contribution in [2.24, 2.45) is 5.16 Å². The number of rotatable bonds is 1. The molecule has 2 aliphatic heterocycles. The van der Waals surface area contributed by atoms with Crippen LogP contribution in [0.2, 0.25) is 0 Å². The van der Waals surface area contributed by atoms with E-state index in [1.165, 1.54) is 38.1 Å². The first kappa shape index (κ1) is 8.05. The minimum Gasteiger partial charge on any atom is -0.399 e. The van der Waals surface area contributed by atoms with E-state index in [0.717, 1.165) is 6.42 Å². The molecule has 2 saturated heterocycles. The maximum absolute atomic E-state index is 4.84. The lowest BCUT2D eigenvalue weighted by molar-refractivity contribution is 0.200. The summed E-state index contributed by atoms with van der Waals surface area (Å²) in [4.78, 5) is 7.37. The van der Waals surface area contributed by atoms with Gasteiger partial charge in [0.25, 0.3) is 0 Å². The third kappa shape index (κ3) is 1.33. The smallest absolute Gasteiger partial charge is 0.106 e. The van der Waals surface area contributed by atoms with Crippen molar-refractivity contribution < 1.29 is 4.84 Å². The van der Waals surface area contributed by atoms with Gasteiger partial charge in [-0.15, -0.1) is 0 Å². The maximum Gasteiger partial charge on any atom is 0.106 e. The summed E-state index contributed by atoms with van der Waals surface area (Å²) in [5.74, 6) is 0. The second kappa shape index (κ2) is 3.44. The molecule has 0 bridgehead atoms. The first-order valence-corrected chi connectivity index (χ1v) is 4.76. The highest BCUT2D eigenvalue weighted by Crippen LogP contribution is 2.24. The molecule has 0 radical (unpaired) electrons. The quantitative estimate of drug-likeness (QED) is 0.550. The number of piperidine rings is 1. The van der Waals surface area contributed by atoms with Gasteiger partial charge in [0.2, 0.25) is 0 Å². The molecule has 3 heteroatoms. The Morgan fingerprint density at radius 1 is 1.42 bits per heavy atom. The third-order valence-corrected chi connectivity index (χ3v) is 2.86. The largest absolute Gasteiger partial charge is 0.399 e. The number of oxime groups is 1. The van der Waals surface area contributed by atoms with E-state index in [4.69, 9.17) is 4.84 Å². The lowest BCUT2D eigenvalue weighted by Gasteiger charge is -2.28. The van der Waals surface area contributed by atoms with Crippen LogP contribution in [0.4, 0.5) is 0 Å². The lowest BCUT2D eigenvalue weighted by Crippen LogP contribution is -2.37. The molecular weight excluding hydrogens is 152 g/mol. The second-order valence-corrected chi connectivity index (χ2v) is 3.56. The molecule has 0 aromatic heterocycles. The Bertz CT molecular complexity index is 191. The molecule has 1 atom stereocenters. The van der Waals surface area contributed by atoms with Crippen LogP contribution in [-0.2, 0) is 4.84 Å². The molecule has 2 aliphatic rings. The Hall–Kier alpha value is -0.570. The molecule has 2 rings (SSSR count). The van der Waals surface area contributed by atoms with Crippen LogP contribution >= 0.6 is 0 Å². The fraction of sp³-hybridized carbons (Fsp3) is 0.889. The number of nitrogens with zero attached hydrogens (tertiary/aromatic N) is 2. The summed E-state index contributed by atoms with van der Waals surface area (Å²) >= 11 is 0. The van der Waals surface area contributed by atoms with E-state index in [0.29, 0.717) is 6.04 Å².